The second kappa shape index (κ2) is 7.64. The molecule has 19 heavy (non-hydrogen) atoms. The lowest BCUT2D eigenvalue weighted by atomic mass is 9.78. The summed E-state index contributed by atoms with van der Waals surface area (Å²) in [5.74, 6) is 1.83. The van der Waals surface area contributed by atoms with Crippen molar-refractivity contribution in [3.05, 3.63) is 0 Å². The van der Waals surface area contributed by atoms with Gasteiger partial charge in [0, 0.05) is 18.6 Å². The number of rotatable bonds is 5. The van der Waals surface area contributed by atoms with Crippen LogP contribution in [0.5, 0.6) is 0 Å². The van der Waals surface area contributed by atoms with E-state index in [0.29, 0.717) is 0 Å². The lowest BCUT2D eigenvalue weighted by Gasteiger charge is -2.40. The maximum Gasteiger partial charge on any atom is 0.0195 e. The molecule has 3 atom stereocenters. The molecule has 1 aliphatic carbocycles. The fourth-order valence-electron chi connectivity index (χ4n) is 4.04. The zero-order valence-electron chi connectivity index (χ0n) is 13.3. The molecule has 2 heteroatoms. The smallest absolute Gasteiger partial charge is 0.0195 e. The van der Waals surface area contributed by atoms with Crippen molar-refractivity contribution in [1.29, 1.82) is 0 Å². The van der Waals surface area contributed by atoms with E-state index in [1.807, 2.05) is 0 Å². The Balaban J connectivity index is 1.85. The number of piperidine rings is 1. The van der Waals surface area contributed by atoms with E-state index >= 15 is 0 Å². The summed E-state index contributed by atoms with van der Waals surface area (Å²) in [7, 11) is 0. The fourth-order valence-corrected chi connectivity index (χ4v) is 4.04. The Bertz CT molecular complexity index is 246. The summed E-state index contributed by atoms with van der Waals surface area (Å²) < 4.78 is 0. The van der Waals surface area contributed by atoms with Crippen LogP contribution in [-0.2, 0) is 0 Å². The van der Waals surface area contributed by atoms with Gasteiger partial charge in [0.05, 0.1) is 0 Å². The molecule has 0 aromatic rings. The van der Waals surface area contributed by atoms with Crippen molar-refractivity contribution in [1.82, 2.24) is 10.2 Å². The standard InChI is InChI=1S/C17H34N2/c1-4-19(13-16-9-5-6-11-18-16)17-10-7-8-15(12-17)14(2)3/h14-18H,4-13H2,1-3H3. The minimum atomic E-state index is 0.758. The Hall–Kier alpha value is -0.0800. The molecular weight excluding hydrogens is 232 g/mol. The van der Waals surface area contributed by atoms with Crippen LogP contribution in [0.3, 0.4) is 0 Å². The number of likely N-dealkylation sites (N-methyl/N-ethyl adjacent to an activating group) is 1. The van der Waals surface area contributed by atoms with Crippen molar-refractivity contribution in [3.63, 3.8) is 0 Å². The number of nitrogens with zero attached hydrogens (tertiary/aromatic N) is 1. The van der Waals surface area contributed by atoms with Crippen LogP contribution in [0, 0.1) is 11.8 Å². The summed E-state index contributed by atoms with van der Waals surface area (Å²) in [6, 6.07) is 1.61. The predicted octanol–water partition coefficient (Wildman–Crippen LogP) is 3.67. The van der Waals surface area contributed by atoms with Crippen LogP contribution in [-0.4, -0.2) is 36.6 Å². The Kier molecular flexibility index (Phi) is 6.15. The third-order valence-corrected chi connectivity index (χ3v) is 5.42. The largest absolute Gasteiger partial charge is 0.313 e. The molecule has 1 saturated heterocycles. The molecular formula is C17H34N2. The van der Waals surface area contributed by atoms with Crippen molar-refractivity contribution in [2.75, 3.05) is 19.6 Å². The van der Waals surface area contributed by atoms with Gasteiger partial charge in [0.25, 0.3) is 0 Å². The Morgan fingerprint density at radius 2 is 1.95 bits per heavy atom. The van der Waals surface area contributed by atoms with E-state index in [2.05, 4.69) is 31.0 Å². The van der Waals surface area contributed by atoms with Crippen molar-refractivity contribution in [3.8, 4) is 0 Å². The molecule has 112 valence electrons. The van der Waals surface area contributed by atoms with E-state index in [4.69, 9.17) is 0 Å². The van der Waals surface area contributed by atoms with Crippen molar-refractivity contribution < 1.29 is 0 Å². The van der Waals surface area contributed by atoms with Gasteiger partial charge in [0.1, 0.15) is 0 Å². The third-order valence-electron chi connectivity index (χ3n) is 5.42. The van der Waals surface area contributed by atoms with Gasteiger partial charge in [-0.25, -0.2) is 0 Å². The summed E-state index contributed by atoms with van der Waals surface area (Å²) in [5, 5.41) is 3.72. The number of hydrogen-bond donors (Lipinski definition) is 1. The number of nitrogens with one attached hydrogen (secondary N) is 1. The average molecular weight is 266 g/mol. The Morgan fingerprint density at radius 3 is 2.58 bits per heavy atom. The van der Waals surface area contributed by atoms with Gasteiger partial charge >= 0.3 is 0 Å². The molecule has 3 unspecified atom stereocenters. The highest BCUT2D eigenvalue weighted by atomic mass is 15.2. The van der Waals surface area contributed by atoms with Crippen LogP contribution in [0.25, 0.3) is 0 Å². The van der Waals surface area contributed by atoms with Gasteiger partial charge in [-0.2, -0.15) is 0 Å². The van der Waals surface area contributed by atoms with Crippen molar-refractivity contribution in [2.24, 2.45) is 11.8 Å². The molecule has 2 fully saturated rings. The van der Waals surface area contributed by atoms with Gasteiger partial charge in [0.15, 0.2) is 0 Å². The molecule has 0 spiro atoms. The lowest BCUT2D eigenvalue weighted by Crippen LogP contribution is -2.48. The Labute approximate surface area is 120 Å². The van der Waals surface area contributed by atoms with Gasteiger partial charge in [-0.05, 0) is 50.6 Å². The summed E-state index contributed by atoms with van der Waals surface area (Å²) in [4.78, 5) is 2.78. The van der Waals surface area contributed by atoms with Crippen LogP contribution in [0.2, 0.25) is 0 Å². The molecule has 1 N–H and O–H groups in total. The normalized spacial score (nSPS) is 33.0. The van der Waals surface area contributed by atoms with Crippen LogP contribution < -0.4 is 5.32 Å². The molecule has 0 aromatic heterocycles. The summed E-state index contributed by atoms with van der Waals surface area (Å²) in [6.07, 6.45) is 9.98. The highest BCUT2D eigenvalue weighted by Gasteiger charge is 2.28. The highest BCUT2D eigenvalue weighted by molar-refractivity contribution is 4.84. The molecule has 1 aliphatic heterocycles. The van der Waals surface area contributed by atoms with Crippen molar-refractivity contribution in [2.45, 2.75) is 77.8 Å². The molecule has 0 radical (unpaired) electrons. The molecule has 0 amide bonds. The van der Waals surface area contributed by atoms with Crippen LogP contribution in [0.1, 0.15) is 65.7 Å². The monoisotopic (exact) mass is 266 g/mol. The van der Waals surface area contributed by atoms with E-state index < -0.39 is 0 Å². The second-order valence-corrected chi connectivity index (χ2v) is 7.06. The van der Waals surface area contributed by atoms with E-state index in [1.165, 1.54) is 64.6 Å². The topological polar surface area (TPSA) is 15.3 Å². The van der Waals surface area contributed by atoms with E-state index in [1.54, 1.807) is 0 Å². The molecule has 0 bridgehead atoms. The predicted molar refractivity (Wildman–Crippen MR) is 83.5 cm³/mol. The molecule has 0 aromatic carbocycles. The molecule has 1 heterocycles. The lowest BCUT2D eigenvalue weighted by molar-refractivity contribution is 0.104. The third kappa shape index (κ3) is 4.46. The minimum Gasteiger partial charge on any atom is -0.313 e. The minimum absolute atomic E-state index is 0.758. The summed E-state index contributed by atoms with van der Waals surface area (Å²) in [5.41, 5.74) is 0. The van der Waals surface area contributed by atoms with Crippen LogP contribution in [0.15, 0.2) is 0 Å². The van der Waals surface area contributed by atoms with Gasteiger partial charge < -0.3 is 5.32 Å². The van der Waals surface area contributed by atoms with Gasteiger partial charge in [0.2, 0.25) is 0 Å². The maximum absolute atomic E-state index is 3.72. The molecule has 2 nitrogen and oxygen atoms in total. The first kappa shape index (κ1) is 15.3. The first-order chi connectivity index (χ1) is 9.20. The maximum atomic E-state index is 3.72. The van der Waals surface area contributed by atoms with Crippen molar-refractivity contribution >= 4 is 0 Å². The SMILES string of the molecule is CCN(CC1CCCCN1)C1CCCC(C(C)C)C1. The first-order valence-electron chi connectivity index (χ1n) is 8.68. The molecule has 1 saturated carbocycles. The zero-order chi connectivity index (χ0) is 13.7. The molecule has 2 rings (SSSR count). The van der Waals surface area contributed by atoms with Crippen LogP contribution >= 0.6 is 0 Å². The van der Waals surface area contributed by atoms with E-state index in [0.717, 1.165) is 23.9 Å². The summed E-state index contributed by atoms with van der Waals surface area (Å²) in [6.45, 7) is 10.9. The summed E-state index contributed by atoms with van der Waals surface area (Å²) >= 11 is 0. The average Bonchev–Trinajstić information content (AvgIpc) is 2.46. The quantitative estimate of drug-likeness (QED) is 0.817. The number of hydrogen-bond acceptors (Lipinski definition) is 2. The highest BCUT2D eigenvalue weighted by Crippen LogP contribution is 2.32. The second-order valence-electron chi connectivity index (χ2n) is 7.06. The Morgan fingerprint density at radius 1 is 1.11 bits per heavy atom. The van der Waals surface area contributed by atoms with Gasteiger partial charge in [-0.3, -0.25) is 4.90 Å². The first-order valence-corrected chi connectivity index (χ1v) is 8.68. The van der Waals surface area contributed by atoms with Crippen LogP contribution in [0.4, 0.5) is 0 Å². The molecule has 2 aliphatic rings. The fraction of sp³-hybridized carbons (Fsp3) is 1.00. The van der Waals surface area contributed by atoms with Gasteiger partial charge in [-0.1, -0.05) is 40.0 Å². The van der Waals surface area contributed by atoms with E-state index in [-0.39, 0.29) is 0 Å². The van der Waals surface area contributed by atoms with Gasteiger partial charge in [-0.15, -0.1) is 0 Å². The zero-order valence-corrected chi connectivity index (χ0v) is 13.3. The van der Waals surface area contributed by atoms with E-state index in [9.17, 15) is 0 Å².